The van der Waals surface area contributed by atoms with Gasteiger partial charge in [0.1, 0.15) is 0 Å². The highest BCUT2D eigenvalue weighted by Crippen LogP contribution is 2.37. The highest BCUT2D eigenvalue weighted by Gasteiger charge is 2.37. The monoisotopic (exact) mass is 349 g/mol. The molecule has 9 nitrogen and oxygen atoms in total. The molecule has 0 amide bonds. The number of hydrogen-bond donors (Lipinski definition) is 0. The fourth-order valence-corrected chi connectivity index (χ4v) is 2.47. The van der Waals surface area contributed by atoms with Crippen LogP contribution in [0.15, 0.2) is 28.3 Å². The van der Waals surface area contributed by atoms with Gasteiger partial charge in [-0.1, -0.05) is 0 Å². The summed E-state index contributed by atoms with van der Waals surface area (Å²) < 4.78 is 38.5. The van der Waals surface area contributed by atoms with E-state index in [1.165, 1.54) is 0 Å². The van der Waals surface area contributed by atoms with E-state index in [0.717, 1.165) is 25.2 Å². The Hall–Kier alpha value is -2.70. The molecule has 0 N–H and O–H groups in total. The number of nitro benzene ring substituents is 2. The zero-order valence-electron chi connectivity index (χ0n) is 11.1. The average molecular weight is 349 g/mol. The van der Waals surface area contributed by atoms with Crippen molar-refractivity contribution in [1.29, 1.82) is 0 Å². The minimum atomic E-state index is -4.72. The lowest BCUT2D eigenvalue weighted by Gasteiger charge is -2.06. The van der Waals surface area contributed by atoms with E-state index >= 15 is 0 Å². The highest BCUT2D eigenvalue weighted by molar-refractivity contribution is 7.99. The first-order chi connectivity index (χ1) is 10.6. The molecule has 1 heterocycles. The minimum Gasteiger partial charge on any atom is -0.301 e. The fraction of sp³-hybridized carbons (Fsp3) is 0.200. The Morgan fingerprint density at radius 3 is 2.30 bits per heavy atom. The molecule has 0 radical (unpaired) electrons. The van der Waals surface area contributed by atoms with E-state index < -0.39 is 33.2 Å². The molecule has 13 heteroatoms. The molecule has 0 aliphatic rings. The molecule has 0 aliphatic heterocycles. The summed E-state index contributed by atoms with van der Waals surface area (Å²) in [7, 11) is 1.06. The standard InChI is InChI=1S/C10H6F3N5O4S/c1-16-8(10(11,12)13)14-15-9(16)23-7-3-2-5(17(19)20)4-6(7)18(21)22/h2-4H,1H3. The SMILES string of the molecule is Cn1c(Sc2ccc([N+](=O)[O-])cc2[N+](=O)[O-])nnc1C(F)(F)F. The van der Waals surface area contributed by atoms with Crippen molar-refractivity contribution in [1.82, 2.24) is 14.8 Å². The van der Waals surface area contributed by atoms with E-state index in [4.69, 9.17) is 0 Å². The summed E-state index contributed by atoms with van der Waals surface area (Å²) in [4.78, 5) is 19.8. The van der Waals surface area contributed by atoms with Gasteiger partial charge in [-0.25, -0.2) is 0 Å². The summed E-state index contributed by atoms with van der Waals surface area (Å²) in [5.74, 6) is -1.26. The maximum absolute atomic E-state index is 12.6. The van der Waals surface area contributed by atoms with Crippen molar-refractivity contribution in [2.75, 3.05) is 0 Å². The lowest BCUT2D eigenvalue weighted by atomic mass is 10.3. The Morgan fingerprint density at radius 2 is 1.83 bits per heavy atom. The molecule has 0 atom stereocenters. The van der Waals surface area contributed by atoms with Gasteiger partial charge < -0.3 is 4.57 Å². The summed E-state index contributed by atoms with van der Waals surface area (Å²) >= 11 is 0.552. The first kappa shape index (κ1) is 16.7. The molecular formula is C10H6F3N5O4S. The predicted molar refractivity (Wildman–Crippen MR) is 69.9 cm³/mol. The Kier molecular flexibility index (Phi) is 4.22. The van der Waals surface area contributed by atoms with Gasteiger partial charge in [-0.15, -0.1) is 10.2 Å². The van der Waals surface area contributed by atoms with Crippen LogP contribution in [0.5, 0.6) is 0 Å². The number of nitrogens with zero attached hydrogens (tertiary/aromatic N) is 5. The summed E-state index contributed by atoms with van der Waals surface area (Å²) in [5.41, 5.74) is -1.12. The van der Waals surface area contributed by atoms with Crippen LogP contribution in [0.25, 0.3) is 0 Å². The molecule has 2 aromatic rings. The Balaban J connectivity index is 2.43. The molecule has 0 fully saturated rings. The predicted octanol–water partition coefficient (Wildman–Crippen LogP) is 2.80. The van der Waals surface area contributed by atoms with Crippen LogP contribution in [0.4, 0.5) is 24.5 Å². The van der Waals surface area contributed by atoms with Crippen LogP contribution in [0.2, 0.25) is 0 Å². The molecular weight excluding hydrogens is 343 g/mol. The summed E-state index contributed by atoms with van der Waals surface area (Å²) in [6, 6.07) is 2.81. The van der Waals surface area contributed by atoms with Crippen molar-refractivity contribution in [3.05, 3.63) is 44.3 Å². The molecule has 0 bridgehead atoms. The topological polar surface area (TPSA) is 117 Å². The fourth-order valence-electron chi connectivity index (χ4n) is 1.60. The normalized spacial score (nSPS) is 11.5. The zero-order valence-corrected chi connectivity index (χ0v) is 12.0. The molecule has 0 aliphatic carbocycles. The van der Waals surface area contributed by atoms with Crippen molar-refractivity contribution in [3.63, 3.8) is 0 Å². The van der Waals surface area contributed by atoms with E-state index in [1.807, 2.05) is 0 Å². The van der Waals surface area contributed by atoms with E-state index in [1.54, 1.807) is 0 Å². The van der Waals surface area contributed by atoms with Gasteiger partial charge in [-0.05, 0) is 17.8 Å². The zero-order chi connectivity index (χ0) is 17.4. The smallest absolute Gasteiger partial charge is 0.301 e. The van der Waals surface area contributed by atoms with Crippen LogP contribution < -0.4 is 0 Å². The number of aromatic nitrogens is 3. The van der Waals surface area contributed by atoms with Crippen molar-refractivity contribution in [2.45, 2.75) is 16.2 Å². The van der Waals surface area contributed by atoms with Gasteiger partial charge in [-0.2, -0.15) is 13.2 Å². The van der Waals surface area contributed by atoms with E-state index in [0.29, 0.717) is 16.3 Å². The Bertz CT molecular complexity index is 791. The van der Waals surface area contributed by atoms with Gasteiger partial charge in [0.25, 0.3) is 11.4 Å². The van der Waals surface area contributed by atoms with Gasteiger partial charge in [-0.3, -0.25) is 20.2 Å². The summed E-state index contributed by atoms with van der Waals surface area (Å²) in [5, 5.41) is 27.7. The molecule has 23 heavy (non-hydrogen) atoms. The first-order valence-electron chi connectivity index (χ1n) is 5.68. The molecule has 1 aromatic heterocycles. The molecule has 1 aromatic carbocycles. The largest absolute Gasteiger partial charge is 0.451 e. The van der Waals surface area contributed by atoms with Crippen molar-refractivity contribution in [2.24, 2.45) is 7.05 Å². The van der Waals surface area contributed by atoms with Gasteiger partial charge in [0.15, 0.2) is 5.16 Å². The Morgan fingerprint density at radius 1 is 1.17 bits per heavy atom. The Labute approximate surface area is 129 Å². The maximum Gasteiger partial charge on any atom is 0.451 e. The maximum atomic E-state index is 12.6. The van der Waals surface area contributed by atoms with Gasteiger partial charge in [0.2, 0.25) is 5.82 Å². The molecule has 2 rings (SSSR count). The minimum absolute atomic E-state index is 0.0928. The second-order valence-electron chi connectivity index (χ2n) is 4.13. The van der Waals surface area contributed by atoms with Crippen molar-refractivity contribution in [3.8, 4) is 0 Å². The molecule has 0 saturated carbocycles. The van der Waals surface area contributed by atoms with Crippen LogP contribution in [0, 0.1) is 20.2 Å². The van der Waals surface area contributed by atoms with Crippen molar-refractivity contribution >= 4 is 23.1 Å². The van der Waals surface area contributed by atoms with Crippen LogP contribution in [0.1, 0.15) is 5.82 Å². The number of alkyl halides is 3. The second kappa shape index (κ2) is 5.83. The third kappa shape index (κ3) is 3.39. The third-order valence-corrected chi connectivity index (χ3v) is 3.74. The number of benzene rings is 1. The highest BCUT2D eigenvalue weighted by atomic mass is 32.2. The number of rotatable bonds is 4. The molecule has 0 unspecified atom stereocenters. The number of non-ortho nitro benzene ring substituents is 1. The second-order valence-corrected chi connectivity index (χ2v) is 5.14. The number of halogens is 3. The summed E-state index contributed by atoms with van der Waals surface area (Å²) in [6.07, 6.45) is -4.72. The third-order valence-electron chi connectivity index (χ3n) is 2.64. The molecule has 0 spiro atoms. The van der Waals surface area contributed by atoms with Crippen LogP contribution in [0.3, 0.4) is 0 Å². The van der Waals surface area contributed by atoms with E-state index in [-0.39, 0.29) is 10.1 Å². The summed E-state index contributed by atoms with van der Waals surface area (Å²) in [6.45, 7) is 0. The number of hydrogen-bond acceptors (Lipinski definition) is 7. The lowest BCUT2D eigenvalue weighted by Crippen LogP contribution is -2.12. The van der Waals surface area contributed by atoms with Crippen molar-refractivity contribution < 1.29 is 23.0 Å². The van der Waals surface area contributed by atoms with E-state index in [9.17, 15) is 33.4 Å². The van der Waals surface area contributed by atoms with E-state index in [2.05, 4.69) is 10.2 Å². The quantitative estimate of drug-likeness (QED) is 0.615. The number of nitro groups is 2. The van der Waals surface area contributed by atoms with Crippen LogP contribution >= 0.6 is 11.8 Å². The molecule has 122 valence electrons. The first-order valence-corrected chi connectivity index (χ1v) is 6.50. The van der Waals surface area contributed by atoms with Crippen LogP contribution in [-0.4, -0.2) is 24.6 Å². The van der Waals surface area contributed by atoms with Gasteiger partial charge in [0, 0.05) is 13.1 Å². The van der Waals surface area contributed by atoms with Gasteiger partial charge in [0.05, 0.1) is 20.8 Å². The lowest BCUT2D eigenvalue weighted by molar-refractivity contribution is -0.396. The van der Waals surface area contributed by atoms with Crippen LogP contribution in [-0.2, 0) is 13.2 Å². The van der Waals surface area contributed by atoms with Gasteiger partial charge >= 0.3 is 6.18 Å². The average Bonchev–Trinajstić information content (AvgIpc) is 2.80. The molecule has 0 saturated heterocycles.